The Morgan fingerprint density at radius 3 is 2.45 bits per heavy atom. The third kappa shape index (κ3) is 6.95. The van der Waals surface area contributed by atoms with Gasteiger partial charge >= 0.3 is 29.6 Å². The molecule has 0 radical (unpaired) electrons. The van der Waals surface area contributed by atoms with Crippen LogP contribution in [0, 0.1) is 0 Å². The second-order valence-electron chi connectivity index (χ2n) is 8.31. The summed E-state index contributed by atoms with van der Waals surface area (Å²) < 4.78 is 38.8. The van der Waals surface area contributed by atoms with Crippen molar-refractivity contribution in [2.24, 2.45) is 10.2 Å². The molecule has 4 aromatic rings. The fraction of sp³-hybridized carbons (Fsp3) is 0.148. The molecule has 0 saturated carbocycles. The normalized spacial score (nSPS) is 11.4. The zero-order chi connectivity index (χ0) is 28.3. The summed E-state index contributed by atoms with van der Waals surface area (Å²) in [6.45, 7) is 3.91. The minimum Gasteiger partial charge on any atom is -0.870 e. The molecule has 0 bridgehead atoms. The van der Waals surface area contributed by atoms with Crippen molar-refractivity contribution in [3.05, 3.63) is 81.8 Å². The van der Waals surface area contributed by atoms with Gasteiger partial charge in [0.1, 0.15) is 16.3 Å². The molecule has 13 heteroatoms. The number of halogens is 2. The van der Waals surface area contributed by atoms with Crippen molar-refractivity contribution in [1.29, 1.82) is 0 Å². The third-order valence-electron chi connectivity index (χ3n) is 5.73. The fourth-order valence-corrected chi connectivity index (χ4v) is 5.10. The van der Waals surface area contributed by atoms with Gasteiger partial charge in [-0.2, -0.15) is 13.5 Å². The third-order valence-corrected chi connectivity index (χ3v) is 7.36. The molecule has 0 aliphatic carbocycles. The maximum absolute atomic E-state index is 13.5. The van der Waals surface area contributed by atoms with Gasteiger partial charge in [0, 0.05) is 16.0 Å². The Morgan fingerprint density at radius 2 is 1.77 bits per heavy atom. The van der Waals surface area contributed by atoms with Crippen LogP contribution in [-0.2, 0) is 16.5 Å². The van der Waals surface area contributed by atoms with Gasteiger partial charge in [-0.3, -0.25) is 9.35 Å². The molecule has 0 aromatic heterocycles. The van der Waals surface area contributed by atoms with Crippen molar-refractivity contribution in [2.45, 2.75) is 25.2 Å². The summed E-state index contributed by atoms with van der Waals surface area (Å²) in [4.78, 5) is 12.7. The Labute approximate surface area is 263 Å². The van der Waals surface area contributed by atoms with E-state index in [2.05, 4.69) is 15.5 Å². The molecule has 40 heavy (non-hydrogen) atoms. The van der Waals surface area contributed by atoms with Crippen LogP contribution < -0.4 is 44.7 Å². The van der Waals surface area contributed by atoms with Gasteiger partial charge in [-0.05, 0) is 60.7 Å². The number of azo groups is 1. The average molecular weight is 610 g/mol. The van der Waals surface area contributed by atoms with Crippen molar-refractivity contribution >= 4 is 67.1 Å². The first-order valence-electron chi connectivity index (χ1n) is 11.7. The Bertz CT molecular complexity index is 1730. The van der Waals surface area contributed by atoms with Gasteiger partial charge in [0.15, 0.2) is 0 Å². The molecule has 202 valence electrons. The first kappa shape index (κ1) is 31.8. The molecule has 0 atom stereocenters. The van der Waals surface area contributed by atoms with Gasteiger partial charge in [0.2, 0.25) is 0 Å². The molecular formula is C27H22Cl2N3NaO6S. The van der Waals surface area contributed by atoms with Crippen LogP contribution in [0.2, 0.25) is 10.0 Å². The van der Waals surface area contributed by atoms with Crippen LogP contribution in [0.4, 0.5) is 17.1 Å². The molecule has 2 N–H and O–H groups in total. The Kier molecular flexibility index (Phi) is 10.6. The van der Waals surface area contributed by atoms with Crippen molar-refractivity contribution in [1.82, 2.24) is 0 Å². The molecule has 0 unspecified atom stereocenters. The number of hydrogen-bond donors (Lipinski definition) is 2. The summed E-state index contributed by atoms with van der Waals surface area (Å²) in [6, 6.07) is 15.7. The van der Waals surface area contributed by atoms with Crippen LogP contribution in [0.5, 0.6) is 11.5 Å². The Morgan fingerprint density at radius 1 is 1.05 bits per heavy atom. The molecular weight excluding hydrogens is 588 g/mol. The predicted octanol–water partition coefficient (Wildman–Crippen LogP) is 4.10. The van der Waals surface area contributed by atoms with E-state index in [1.165, 1.54) is 24.3 Å². The second kappa shape index (κ2) is 13.3. The molecule has 0 aliphatic heterocycles. The van der Waals surface area contributed by atoms with E-state index in [0.717, 1.165) is 0 Å². The summed E-state index contributed by atoms with van der Waals surface area (Å²) in [5.41, 5.74) is 0.374. The number of rotatable bonds is 8. The topological polar surface area (TPSA) is 140 Å². The minimum atomic E-state index is -4.64. The molecule has 4 rings (SSSR count). The minimum absolute atomic E-state index is 0. The van der Waals surface area contributed by atoms with E-state index in [9.17, 15) is 22.9 Å². The fourth-order valence-electron chi connectivity index (χ4n) is 3.86. The van der Waals surface area contributed by atoms with Crippen molar-refractivity contribution < 1.29 is 57.2 Å². The Balaban J connectivity index is 0.00000441. The number of fused-ring (bicyclic) bond motifs is 1. The quantitative estimate of drug-likeness (QED) is 0.175. The van der Waals surface area contributed by atoms with Gasteiger partial charge < -0.3 is 15.2 Å². The second-order valence-corrected chi connectivity index (χ2v) is 10.5. The number of benzene rings is 4. The number of aryl methyl sites for hydroxylation is 1. The number of hydrogen-bond acceptors (Lipinski definition) is 7. The zero-order valence-electron chi connectivity index (χ0n) is 21.7. The molecule has 0 aliphatic rings. The number of carbonyl (C=O) groups is 1. The van der Waals surface area contributed by atoms with E-state index in [-0.39, 0.29) is 57.2 Å². The van der Waals surface area contributed by atoms with Gasteiger partial charge in [-0.15, -0.1) is 5.11 Å². The van der Waals surface area contributed by atoms with E-state index in [0.29, 0.717) is 40.1 Å². The monoisotopic (exact) mass is 609 g/mol. The number of carbonyl (C=O) groups excluding carboxylic acids is 1. The number of amides is 1. The summed E-state index contributed by atoms with van der Waals surface area (Å²) in [6.07, 6.45) is 0.417. The van der Waals surface area contributed by atoms with Crippen LogP contribution >= 0.6 is 23.2 Å². The van der Waals surface area contributed by atoms with Crippen molar-refractivity contribution in [3.8, 4) is 11.5 Å². The van der Waals surface area contributed by atoms with Gasteiger partial charge in [-0.25, -0.2) is 0 Å². The van der Waals surface area contributed by atoms with Gasteiger partial charge in [0.25, 0.3) is 16.0 Å². The molecule has 1 amide bonds. The Hall–Kier alpha value is -2.70. The summed E-state index contributed by atoms with van der Waals surface area (Å²) in [5, 5.41) is 25.3. The summed E-state index contributed by atoms with van der Waals surface area (Å²) in [7, 11) is -4.64. The molecule has 0 heterocycles. The standard InChI is InChI=1S/C27H23Cl2N3O6S.Na/c1-3-15-11-21(24(29)23(12-15)39(35,36)37)31-32-25-18-8-6-5-7-16(18)13-19(26(25)33)27(34)30-20-14-17(28)9-10-22(20)38-4-2;/h5-14,33H,3-4H2,1-2H3,(H,30,34)(H,35,36,37);/q;+1/p-1. The molecule has 0 fully saturated rings. The number of nitrogens with zero attached hydrogens (tertiary/aromatic N) is 2. The largest absolute Gasteiger partial charge is 1.00 e. The smallest absolute Gasteiger partial charge is 0.870 e. The number of anilines is 1. The van der Waals surface area contributed by atoms with Crippen molar-refractivity contribution in [2.75, 3.05) is 11.9 Å². The predicted molar refractivity (Wildman–Crippen MR) is 149 cm³/mol. The molecule has 0 spiro atoms. The zero-order valence-corrected chi connectivity index (χ0v) is 26.1. The van der Waals surface area contributed by atoms with Crippen LogP contribution in [0.25, 0.3) is 10.8 Å². The van der Waals surface area contributed by atoms with E-state index >= 15 is 0 Å². The van der Waals surface area contributed by atoms with E-state index in [4.69, 9.17) is 27.9 Å². The van der Waals surface area contributed by atoms with Crippen LogP contribution in [0.1, 0.15) is 29.8 Å². The maximum atomic E-state index is 13.5. The number of ether oxygens (including phenoxy) is 1. The average Bonchev–Trinajstić information content (AvgIpc) is 2.89. The molecule has 9 nitrogen and oxygen atoms in total. The van der Waals surface area contributed by atoms with Gasteiger partial charge in [-0.1, -0.05) is 60.1 Å². The summed E-state index contributed by atoms with van der Waals surface area (Å²) >= 11 is 12.3. The SMILES string of the molecule is CCOc1ccc(Cl)cc1NC(=O)c1cc2ccccc2c(N=Nc2cc(CC)cc(S(=O)(=O)O)c2Cl)c1[O-].[Na+]. The van der Waals surface area contributed by atoms with Crippen LogP contribution in [0.3, 0.4) is 0 Å². The maximum Gasteiger partial charge on any atom is 1.00 e. The number of nitrogens with one attached hydrogen (secondary N) is 1. The van der Waals surface area contributed by atoms with Crippen molar-refractivity contribution in [3.63, 3.8) is 0 Å². The van der Waals surface area contributed by atoms with Crippen LogP contribution in [0.15, 0.2) is 75.8 Å². The molecule has 0 saturated heterocycles. The van der Waals surface area contributed by atoms with Gasteiger partial charge in [0.05, 0.1) is 23.0 Å². The first-order chi connectivity index (χ1) is 18.5. The first-order valence-corrected chi connectivity index (χ1v) is 13.9. The summed E-state index contributed by atoms with van der Waals surface area (Å²) in [5.74, 6) is -1.05. The van der Waals surface area contributed by atoms with Crippen LogP contribution in [-0.4, -0.2) is 25.5 Å². The van der Waals surface area contributed by atoms with E-state index in [1.807, 2.05) is 0 Å². The van der Waals surface area contributed by atoms with E-state index in [1.54, 1.807) is 50.2 Å². The molecule has 4 aromatic carbocycles. The van der Waals surface area contributed by atoms with E-state index < -0.39 is 26.7 Å².